The van der Waals surface area contributed by atoms with Crippen molar-refractivity contribution in [2.45, 2.75) is 13.3 Å². The summed E-state index contributed by atoms with van der Waals surface area (Å²) in [6.07, 6.45) is -1.13. The van der Waals surface area contributed by atoms with Gasteiger partial charge in [-0.3, -0.25) is 9.59 Å². The first kappa shape index (κ1) is 19.0. The van der Waals surface area contributed by atoms with Crippen LogP contribution >= 0.6 is 0 Å². The van der Waals surface area contributed by atoms with Gasteiger partial charge in [-0.05, 0) is 36.8 Å². The number of piperazine rings is 1. The summed E-state index contributed by atoms with van der Waals surface area (Å²) in [6, 6.07) is 9.86. The first-order chi connectivity index (χ1) is 13.9. The molecule has 2 heterocycles. The van der Waals surface area contributed by atoms with E-state index in [-0.39, 0.29) is 5.82 Å². The summed E-state index contributed by atoms with van der Waals surface area (Å²) in [7, 11) is 0. The van der Waals surface area contributed by atoms with Crippen molar-refractivity contribution in [3.8, 4) is 5.75 Å². The lowest BCUT2D eigenvalue weighted by Crippen LogP contribution is -2.51. The monoisotopic (exact) mass is 400 g/mol. The maximum Gasteiger partial charge on any atom is 0.313 e. The first-order valence-corrected chi connectivity index (χ1v) is 9.27. The molecule has 0 aromatic heterocycles. The highest BCUT2D eigenvalue weighted by Gasteiger charge is 2.27. The van der Waals surface area contributed by atoms with Crippen molar-refractivity contribution in [1.29, 1.82) is 0 Å². The highest BCUT2D eigenvalue weighted by atomic mass is 19.1. The molecular weight excluding hydrogens is 379 g/mol. The van der Waals surface area contributed by atoms with Crippen LogP contribution in [0.15, 0.2) is 36.4 Å². The van der Waals surface area contributed by atoms with Gasteiger partial charge < -0.3 is 30.3 Å². The molecular formula is C20H21FN4O4. The maximum atomic E-state index is 13.8. The molecule has 1 saturated heterocycles. The number of aliphatic hydroxyl groups excluding tert-OH is 1. The summed E-state index contributed by atoms with van der Waals surface area (Å²) in [5, 5.41) is 14.7. The lowest BCUT2D eigenvalue weighted by atomic mass is 10.2. The average Bonchev–Trinajstić information content (AvgIpc) is 3.09. The van der Waals surface area contributed by atoms with Crippen LogP contribution in [0.2, 0.25) is 0 Å². The maximum absolute atomic E-state index is 13.8. The van der Waals surface area contributed by atoms with E-state index < -0.39 is 18.2 Å². The van der Waals surface area contributed by atoms with Crippen molar-refractivity contribution >= 4 is 28.9 Å². The normalized spacial score (nSPS) is 18.0. The molecule has 0 saturated carbocycles. The Morgan fingerprint density at radius 3 is 2.66 bits per heavy atom. The molecule has 2 aliphatic rings. The summed E-state index contributed by atoms with van der Waals surface area (Å²) in [5.41, 5.74) is 2.34. The van der Waals surface area contributed by atoms with Gasteiger partial charge in [0.2, 0.25) is 0 Å². The second-order valence-corrected chi connectivity index (χ2v) is 6.99. The van der Waals surface area contributed by atoms with Crippen LogP contribution in [0.1, 0.15) is 5.56 Å². The molecule has 1 atom stereocenters. The Kier molecular flexibility index (Phi) is 4.98. The number of ether oxygens (including phenoxy) is 1. The minimum atomic E-state index is -1.13. The number of hydrogen-bond acceptors (Lipinski definition) is 6. The molecule has 2 aromatic carbocycles. The SMILES string of the molecule is Cc1ccc(N2CCN(C(=O)C(=O)Nc3ccc4c(c3)OC(O)N4)CC2)cc1F. The molecule has 0 radical (unpaired) electrons. The third-order valence-electron chi connectivity index (χ3n) is 5.04. The fourth-order valence-electron chi connectivity index (χ4n) is 3.37. The van der Waals surface area contributed by atoms with Crippen LogP contribution in [-0.2, 0) is 9.59 Å². The van der Waals surface area contributed by atoms with Crippen LogP contribution in [0, 0.1) is 12.7 Å². The van der Waals surface area contributed by atoms with Gasteiger partial charge in [0.05, 0.1) is 5.69 Å². The zero-order chi connectivity index (χ0) is 20.5. The standard InChI is InChI=1S/C20H21FN4O4/c1-12-2-4-14(11-15(12)21)24-6-8-25(9-7-24)19(27)18(26)22-13-3-5-16-17(10-13)29-20(28)23-16/h2-5,10-11,20,23,28H,6-9H2,1H3,(H,22,26). The van der Waals surface area contributed by atoms with Crippen LogP contribution in [0.4, 0.5) is 21.5 Å². The second kappa shape index (κ2) is 7.59. The minimum Gasteiger partial charge on any atom is -0.445 e. The topological polar surface area (TPSA) is 94.1 Å². The quantitative estimate of drug-likeness (QED) is 0.662. The molecule has 1 fully saturated rings. The van der Waals surface area contributed by atoms with E-state index in [2.05, 4.69) is 10.6 Å². The van der Waals surface area contributed by atoms with Crippen molar-refractivity contribution in [1.82, 2.24) is 4.90 Å². The summed E-state index contributed by atoms with van der Waals surface area (Å²) in [6.45, 7) is 3.46. The molecule has 4 rings (SSSR count). The summed E-state index contributed by atoms with van der Waals surface area (Å²) >= 11 is 0. The largest absolute Gasteiger partial charge is 0.445 e. The van der Waals surface area contributed by atoms with Crippen molar-refractivity contribution < 1.29 is 23.8 Å². The number of nitrogens with one attached hydrogen (secondary N) is 2. The lowest BCUT2D eigenvalue weighted by molar-refractivity contribution is -0.143. The lowest BCUT2D eigenvalue weighted by Gasteiger charge is -2.35. The molecule has 2 aliphatic heterocycles. The molecule has 9 heteroatoms. The van der Waals surface area contributed by atoms with Gasteiger partial charge in [-0.1, -0.05) is 6.07 Å². The van der Waals surface area contributed by atoms with Crippen LogP contribution in [0.3, 0.4) is 0 Å². The van der Waals surface area contributed by atoms with E-state index >= 15 is 0 Å². The number of benzene rings is 2. The van der Waals surface area contributed by atoms with E-state index in [1.54, 1.807) is 25.1 Å². The smallest absolute Gasteiger partial charge is 0.313 e. The molecule has 3 N–H and O–H groups in total. The minimum absolute atomic E-state index is 0.263. The number of anilines is 3. The zero-order valence-corrected chi connectivity index (χ0v) is 15.8. The molecule has 0 aliphatic carbocycles. The highest BCUT2D eigenvalue weighted by Crippen LogP contribution is 2.33. The van der Waals surface area contributed by atoms with E-state index in [0.29, 0.717) is 48.9 Å². The molecule has 2 aromatic rings. The van der Waals surface area contributed by atoms with Gasteiger partial charge in [0, 0.05) is 43.6 Å². The third kappa shape index (κ3) is 3.95. The Bertz CT molecular complexity index is 959. The number of carbonyl (C=O) groups excluding carboxylic acids is 2. The van der Waals surface area contributed by atoms with Gasteiger partial charge >= 0.3 is 11.8 Å². The molecule has 152 valence electrons. The average molecular weight is 400 g/mol. The van der Waals surface area contributed by atoms with E-state index in [9.17, 15) is 19.1 Å². The number of amides is 2. The number of hydrogen-bond donors (Lipinski definition) is 3. The van der Waals surface area contributed by atoms with Gasteiger partial charge in [0.15, 0.2) is 0 Å². The fourth-order valence-corrected chi connectivity index (χ4v) is 3.37. The van der Waals surface area contributed by atoms with Crippen LogP contribution < -0.4 is 20.3 Å². The Morgan fingerprint density at radius 1 is 1.17 bits per heavy atom. The number of nitrogens with zero attached hydrogens (tertiary/aromatic N) is 2. The van der Waals surface area contributed by atoms with Crippen LogP contribution in [0.25, 0.3) is 0 Å². The Balaban J connectivity index is 1.34. The van der Waals surface area contributed by atoms with Gasteiger partial charge in [-0.15, -0.1) is 0 Å². The highest BCUT2D eigenvalue weighted by molar-refractivity contribution is 6.39. The Morgan fingerprint density at radius 2 is 1.93 bits per heavy atom. The van der Waals surface area contributed by atoms with Gasteiger partial charge in [0.25, 0.3) is 6.41 Å². The van der Waals surface area contributed by atoms with Gasteiger partial charge in [-0.25, -0.2) is 4.39 Å². The number of aliphatic hydroxyl groups is 1. The predicted octanol–water partition coefficient (Wildman–Crippen LogP) is 1.50. The zero-order valence-electron chi connectivity index (χ0n) is 15.8. The molecule has 1 unspecified atom stereocenters. The molecule has 8 nitrogen and oxygen atoms in total. The number of aryl methyl sites for hydroxylation is 1. The first-order valence-electron chi connectivity index (χ1n) is 9.27. The Hall–Kier alpha value is -3.33. The van der Waals surface area contributed by atoms with E-state index in [1.165, 1.54) is 17.0 Å². The summed E-state index contributed by atoms with van der Waals surface area (Å²) in [5.74, 6) is -1.24. The van der Waals surface area contributed by atoms with Crippen molar-refractivity contribution in [3.05, 3.63) is 47.8 Å². The summed E-state index contributed by atoms with van der Waals surface area (Å²) < 4.78 is 18.9. The molecule has 29 heavy (non-hydrogen) atoms. The summed E-state index contributed by atoms with van der Waals surface area (Å²) in [4.78, 5) is 28.3. The van der Waals surface area contributed by atoms with E-state index in [0.717, 1.165) is 5.69 Å². The fraction of sp³-hybridized carbons (Fsp3) is 0.300. The van der Waals surface area contributed by atoms with Crippen molar-refractivity contribution in [2.75, 3.05) is 41.7 Å². The number of halogens is 1. The molecule has 2 amide bonds. The van der Waals surface area contributed by atoms with Crippen molar-refractivity contribution in [3.63, 3.8) is 0 Å². The molecule has 0 spiro atoms. The number of rotatable bonds is 2. The van der Waals surface area contributed by atoms with Crippen LogP contribution in [-0.4, -0.2) is 54.4 Å². The number of carbonyl (C=O) groups is 2. The van der Waals surface area contributed by atoms with E-state index in [4.69, 9.17) is 4.74 Å². The predicted molar refractivity (Wildman–Crippen MR) is 105 cm³/mol. The third-order valence-corrected chi connectivity index (χ3v) is 5.04. The van der Waals surface area contributed by atoms with E-state index in [1.807, 2.05) is 11.0 Å². The van der Waals surface area contributed by atoms with Crippen LogP contribution in [0.5, 0.6) is 5.75 Å². The van der Waals surface area contributed by atoms with Gasteiger partial charge in [-0.2, -0.15) is 0 Å². The van der Waals surface area contributed by atoms with Crippen molar-refractivity contribution in [2.24, 2.45) is 0 Å². The number of fused-ring (bicyclic) bond motifs is 1. The second-order valence-electron chi connectivity index (χ2n) is 6.99. The van der Waals surface area contributed by atoms with Gasteiger partial charge in [0.1, 0.15) is 11.6 Å². The Labute approximate surface area is 166 Å². The molecule has 0 bridgehead atoms.